The zero-order chi connectivity index (χ0) is 15.0. The number of nitrogens with zero attached hydrogens (tertiary/aromatic N) is 2. The summed E-state index contributed by atoms with van der Waals surface area (Å²) >= 11 is 1.19. The normalized spacial score (nSPS) is 17.8. The molecular weight excluding hydrogens is 290 g/mol. The quantitative estimate of drug-likeness (QED) is 0.907. The predicted octanol–water partition coefficient (Wildman–Crippen LogP) is 2.68. The number of carbonyl (C=O) groups is 1. The molecule has 1 fully saturated rings. The molecule has 6 nitrogen and oxygen atoms in total. The van der Waals surface area contributed by atoms with Crippen molar-refractivity contribution in [1.82, 2.24) is 9.97 Å². The molecule has 1 saturated heterocycles. The molecule has 0 radical (unpaired) electrons. The number of hydrogen-bond acceptors (Lipinski definition) is 6. The van der Waals surface area contributed by atoms with Gasteiger partial charge in [-0.15, -0.1) is 11.3 Å². The average Bonchev–Trinajstić information content (AvgIpc) is 2.78. The number of aromatic nitrogens is 2. The van der Waals surface area contributed by atoms with E-state index in [0.29, 0.717) is 15.5 Å². The molecule has 2 N–H and O–H groups in total. The van der Waals surface area contributed by atoms with Crippen molar-refractivity contribution >= 4 is 33.3 Å². The molecular formula is C14H17N3O3S. The van der Waals surface area contributed by atoms with Crippen LogP contribution in [0.5, 0.6) is 0 Å². The molecule has 0 atom stereocenters. The Balaban J connectivity index is 2.04. The lowest BCUT2D eigenvalue weighted by Crippen LogP contribution is -2.40. The number of thiophene rings is 1. The van der Waals surface area contributed by atoms with Crippen molar-refractivity contribution in [2.75, 3.05) is 18.5 Å². The van der Waals surface area contributed by atoms with Gasteiger partial charge in [-0.25, -0.2) is 14.8 Å². The number of carboxylic acids is 1. The number of aryl methyl sites for hydroxylation is 1. The van der Waals surface area contributed by atoms with Crippen LogP contribution < -0.4 is 5.32 Å². The van der Waals surface area contributed by atoms with Gasteiger partial charge in [-0.1, -0.05) is 0 Å². The van der Waals surface area contributed by atoms with Gasteiger partial charge in [0.15, 0.2) is 0 Å². The minimum absolute atomic E-state index is 0.0860. The van der Waals surface area contributed by atoms with E-state index in [1.807, 2.05) is 6.92 Å². The molecule has 0 aromatic carbocycles. The van der Waals surface area contributed by atoms with E-state index >= 15 is 0 Å². The van der Waals surface area contributed by atoms with Crippen LogP contribution in [0.4, 0.5) is 5.82 Å². The van der Waals surface area contributed by atoms with Gasteiger partial charge < -0.3 is 15.2 Å². The van der Waals surface area contributed by atoms with Crippen molar-refractivity contribution in [1.29, 1.82) is 0 Å². The summed E-state index contributed by atoms with van der Waals surface area (Å²) in [5, 5.41) is 13.5. The molecule has 0 aliphatic carbocycles. The van der Waals surface area contributed by atoms with Crippen LogP contribution in [-0.2, 0) is 4.74 Å². The maximum absolute atomic E-state index is 11.3. The molecule has 1 aliphatic rings. The zero-order valence-corrected chi connectivity index (χ0v) is 12.8. The zero-order valence-electron chi connectivity index (χ0n) is 12.0. The van der Waals surface area contributed by atoms with Crippen LogP contribution >= 0.6 is 11.3 Å². The monoisotopic (exact) mass is 307 g/mol. The summed E-state index contributed by atoms with van der Waals surface area (Å²) in [6.07, 6.45) is 3.27. The molecule has 0 amide bonds. The van der Waals surface area contributed by atoms with E-state index in [1.54, 1.807) is 0 Å². The number of ether oxygens (including phenoxy) is 1. The predicted molar refractivity (Wildman–Crippen MR) is 81.2 cm³/mol. The molecule has 0 saturated carbocycles. The molecule has 0 unspecified atom stereocenters. The van der Waals surface area contributed by atoms with E-state index in [2.05, 4.69) is 22.2 Å². The number of nitrogens with one attached hydrogen (secondary N) is 1. The first kappa shape index (κ1) is 14.2. The van der Waals surface area contributed by atoms with Crippen molar-refractivity contribution in [2.45, 2.75) is 32.2 Å². The lowest BCUT2D eigenvalue weighted by atomic mass is 9.92. The van der Waals surface area contributed by atoms with Gasteiger partial charge in [0, 0.05) is 18.8 Å². The molecule has 112 valence electrons. The van der Waals surface area contributed by atoms with Crippen LogP contribution in [0.25, 0.3) is 10.2 Å². The SMILES string of the molecule is Cc1c(C(=O)O)sc2ncnc(NC3(C)CCOCC3)c12. The van der Waals surface area contributed by atoms with Crippen molar-refractivity contribution in [3.05, 3.63) is 16.8 Å². The lowest BCUT2D eigenvalue weighted by Gasteiger charge is -2.35. The van der Waals surface area contributed by atoms with E-state index in [9.17, 15) is 9.90 Å². The fraction of sp³-hybridized carbons (Fsp3) is 0.500. The minimum atomic E-state index is -0.918. The second-order valence-electron chi connectivity index (χ2n) is 5.56. The molecule has 2 aromatic heterocycles. The van der Waals surface area contributed by atoms with Crippen LogP contribution in [0.15, 0.2) is 6.33 Å². The third-order valence-corrected chi connectivity index (χ3v) is 5.13. The van der Waals surface area contributed by atoms with E-state index in [1.165, 1.54) is 17.7 Å². The molecule has 3 heterocycles. The summed E-state index contributed by atoms with van der Waals surface area (Å²) in [5.74, 6) is -0.204. The highest BCUT2D eigenvalue weighted by atomic mass is 32.1. The Kier molecular flexibility index (Phi) is 3.54. The number of carboxylic acid groups (broad SMARTS) is 1. The molecule has 0 bridgehead atoms. The lowest BCUT2D eigenvalue weighted by molar-refractivity contribution is 0.0657. The first-order chi connectivity index (χ1) is 10.0. The number of aromatic carboxylic acids is 1. The van der Waals surface area contributed by atoms with Gasteiger partial charge >= 0.3 is 5.97 Å². The van der Waals surface area contributed by atoms with E-state index in [0.717, 1.165) is 37.0 Å². The maximum atomic E-state index is 11.3. The highest BCUT2D eigenvalue weighted by Crippen LogP contribution is 2.35. The highest BCUT2D eigenvalue weighted by molar-refractivity contribution is 7.20. The Morgan fingerprint density at radius 1 is 1.43 bits per heavy atom. The molecule has 1 aliphatic heterocycles. The standard InChI is InChI=1S/C14H17N3O3S/c1-8-9-11(17-14(2)3-5-20-6-4-14)15-7-16-12(9)21-10(8)13(18)19/h7H,3-6H2,1-2H3,(H,18,19)(H,15,16,17). The Morgan fingerprint density at radius 2 is 2.14 bits per heavy atom. The van der Waals surface area contributed by atoms with Crippen molar-refractivity contribution in [3.8, 4) is 0 Å². The average molecular weight is 307 g/mol. The second-order valence-corrected chi connectivity index (χ2v) is 6.56. The first-order valence-electron chi connectivity index (χ1n) is 6.83. The Morgan fingerprint density at radius 3 is 2.81 bits per heavy atom. The van der Waals surface area contributed by atoms with E-state index in [-0.39, 0.29) is 5.54 Å². The third kappa shape index (κ3) is 2.58. The van der Waals surface area contributed by atoms with Crippen LogP contribution in [0.1, 0.15) is 35.0 Å². The molecule has 2 aromatic rings. The summed E-state index contributed by atoms with van der Waals surface area (Å²) in [6.45, 7) is 5.40. The molecule has 7 heteroatoms. The number of fused-ring (bicyclic) bond motifs is 1. The Labute approximate surface area is 126 Å². The highest BCUT2D eigenvalue weighted by Gasteiger charge is 2.29. The topological polar surface area (TPSA) is 84.3 Å². The number of hydrogen-bond donors (Lipinski definition) is 2. The summed E-state index contributed by atoms with van der Waals surface area (Å²) in [7, 11) is 0. The van der Waals surface area contributed by atoms with Crippen LogP contribution in [0.3, 0.4) is 0 Å². The maximum Gasteiger partial charge on any atom is 0.346 e. The van der Waals surface area contributed by atoms with Gasteiger partial charge in [-0.2, -0.15) is 0 Å². The summed E-state index contributed by atoms with van der Waals surface area (Å²) in [4.78, 5) is 20.8. The van der Waals surface area contributed by atoms with Gasteiger partial charge in [-0.3, -0.25) is 0 Å². The van der Waals surface area contributed by atoms with Gasteiger partial charge in [0.25, 0.3) is 0 Å². The van der Waals surface area contributed by atoms with Crippen molar-refractivity contribution in [3.63, 3.8) is 0 Å². The van der Waals surface area contributed by atoms with Gasteiger partial charge in [0.05, 0.1) is 5.39 Å². The summed E-state index contributed by atoms with van der Waals surface area (Å²) in [5.41, 5.74) is 0.637. The number of anilines is 1. The van der Waals surface area contributed by atoms with E-state index in [4.69, 9.17) is 4.74 Å². The molecule has 0 spiro atoms. The van der Waals surface area contributed by atoms with Crippen molar-refractivity contribution in [2.24, 2.45) is 0 Å². The first-order valence-corrected chi connectivity index (χ1v) is 7.65. The third-order valence-electron chi connectivity index (χ3n) is 3.94. The molecule has 3 rings (SSSR count). The smallest absolute Gasteiger partial charge is 0.346 e. The fourth-order valence-corrected chi connectivity index (χ4v) is 3.59. The van der Waals surface area contributed by atoms with Gasteiger partial charge in [-0.05, 0) is 32.3 Å². The summed E-state index contributed by atoms with van der Waals surface area (Å²) < 4.78 is 5.40. The second kappa shape index (κ2) is 5.23. The largest absolute Gasteiger partial charge is 0.477 e. The van der Waals surface area contributed by atoms with Crippen LogP contribution in [0, 0.1) is 6.92 Å². The van der Waals surface area contributed by atoms with Crippen molar-refractivity contribution < 1.29 is 14.6 Å². The summed E-state index contributed by atoms with van der Waals surface area (Å²) in [6, 6.07) is 0. The van der Waals surface area contributed by atoms with Crippen LogP contribution in [-0.4, -0.2) is 39.8 Å². The fourth-order valence-electron chi connectivity index (χ4n) is 2.60. The Hall–Kier alpha value is -1.73. The van der Waals surface area contributed by atoms with Gasteiger partial charge in [0.2, 0.25) is 0 Å². The number of rotatable bonds is 3. The molecule has 21 heavy (non-hydrogen) atoms. The van der Waals surface area contributed by atoms with Crippen LogP contribution in [0.2, 0.25) is 0 Å². The van der Waals surface area contributed by atoms with E-state index < -0.39 is 5.97 Å². The van der Waals surface area contributed by atoms with Gasteiger partial charge in [0.1, 0.15) is 21.9 Å². The minimum Gasteiger partial charge on any atom is -0.477 e. The Bertz CT molecular complexity index is 692.